The lowest BCUT2D eigenvalue weighted by Crippen LogP contribution is -2.54. The van der Waals surface area contributed by atoms with Gasteiger partial charge in [-0.25, -0.2) is 0 Å². The van der Waals surface area contributed by atoms with Crippen molar-refractivity contribution in [2.45, 2.75) is 57.1 Å². The molecule has 0 aliphatic rings. The summed E-state index contributed by atoms with van der Waals surface area (Å²) in [4.78, 5) is 29.9. The number of aryl methyl sites for hydroxylation is 1. The molecule has 3 aromatic carbocycles. The Morgan fingerprint density at radius 3 is 1.97 bits per heavy atom. The van der Waals surface area contributed by atoms with Crippen LogP contribution in [0.4, 0.5) is 0 Å². The standard InChI is InChI=1S/C29H34N2O2S/c1-22-15-17-25(18-16-22)34-21-27(32)31(20-24-13-9-6-10-14-24)26(28(33)30-29(2,3)4)19-23-11-7-5-8-12-23/h5-18,26H,19-21H2,1-4H3,(H,30,33)/t26-/m1/s1. The van der Waals surface area contributed by atoms with Gasteiger partial charge < -0.3 is 10.2 Å². The Morgan fingerprint density at radius 1 is 0.853 bits per heavy atom. The highest BCUT2D eigenvalue weighted by Crippen LogP contribution is 2.22. The van der Waals surface area contributed by atoms with E-state index < -0.39 is 11.6 Å². The molecule has 0 aromatic heterocycles. The second kappa shape index (κ2) is 11.9. The van der Waals surface area contributed by atoms with Crippen LogP contribution >= 0.6 is 11.8 Å². The average Bonchev–Trinajstić information content (AvgIpc) is 2.81. The molecule has 1 atom stereocenters. The number of carbonyl (C=O) groups is 2. The Kier molecular flexibility index (Phi) is 8.94. The molecule has 3 aromatic rings. The fourth-order valence-electron chi connectivity index (χ4n) is 3.65. The van der Waals surface area contributed by atoms with E-state index in [2.05, 4.69) is 5.32 Å². The number of nitrogens with zero attached hydrogens (tertiary/aromatic N) is 1. The Balaban J connectivity index is 1.89. The van der Waals surface area contributed by atoms with E-state index in [4.69, 9.17) is 0 Å². The number of rotatable bonds is 9. The number of hydrogen-bond donors (Lipinski definition) is 1. The molecule has 34 heavy (non-hydrogen) atoms. The number of thioether (sulfide) groups is 1. The van der Waals surface area contributed by atoms with Crippen LogP contribution in [-0.4, -0.2) is 34.0 Å². The third kappa shape index (κ3) is 8.07. The fraction of sp³-hybridized carbons (Fsp3) is 0.310. The van der Waals surface area contributed by atoms with Gasteiger partial charge in [0.15, 0.2) is 0 Å². The number of amides is 2. The molecule has 4 nitrogen and oxygen atoms in total. The summed E-state index contributed by atoms with van der Waals surface area (Å²) in [5, 5.41) is 3.10. The zero-order valence-corrected chi connectivity index (χ0v) is 21.3. The van der Waals surface area contributed by atoms with Gasteiger partial charge in [0.1, 0.15) is 6.04 Å². The van der Waals surface area contributed by atoms with Crippen molar-refractivity contribution in [2.75, 3.05) is 5.75 Å². The third-order valence-electron chi connectivity index (χ3n) is 5.35. The molecule has 3 rings (SSSR count). The van der Waals surface area contributed by atoms with E-state index in [0.717, 1.165) is 16.0 Å². The minimum atomic E-state index is -0.618. The minimum absolute atomic E-state index is 0.0561. The van der Waals surface area contributed by atoms with Gasteiger partial charge in [-0.05, 0) is 51.0 Å². The lowest BCUT2D eigenvalue weighted by atomic mass is 10.0. The maximum Gasteiger partial charge on any atom is 0.243 e. The highest BCUT2D eigenvalue weighted by molar-refractivity contribution is 8.00. The van der Waals surface area contributed by atoms with E-state index in [1.165, 1.54) is 17.3 Å². The van der Waals surface area contributed by atoms with Crippen molar-refractivity contribution in [1.29, 1.82) is 0 Å². The van der Waals surface area contributed by atoms with Gasteiger partial charge in [-0.1, -0.05) is 78.4 Å². The summed E-state index contributed by atoms with van der Waals surface area (Å²) in [6.45, 7) is 8.30. The maximum absolute atomic E-state index is 13.6. The number of carbonyl (C=O) groups excluding carboxylic acids is 2. The summed E-state index contributed by atoms with van der Waals surface area (Å²) in [6, 6.07) is 27.3. The van der Waals surface area contributed by atoms with Crippen LogP contribution < -0.4 is 5.32 Å². The van der Waals surface area contributed by atoms with Crippen LogP contribution in [0.2, 0.25) is 0 Å². The highest BCUT2D eigenvalue weighted by Gasteiger charge is 2.32. The summed E-state index contributed by atoms with van der Waals surface area (Å²) < 4.78 is 0. The molecule has 0 saturated heterocycles. The van der Waals surface area contributed by atoms with Crippen LogP contribution in [0.15, 0.2) is 89.8 Å². The van der Waals surface area contributed by atoms with Crippen LogP contribution in [0.5, 0.6) is 0 Å². The molecular formula is C29H34N2O2S. The van der Waals surface area contributed by atoms with Crippen LogP contribution in [-0.2, 0) is 22.6 Å². The van der Waals surface area contributed by atoms with Crippen LogP contribution in [0.25, 0.3) is 0 Å². The maximum atomic E-state index is 13.6. The molecule has 0 heterocycles. The van der Waals surface area contributed by atoms with E-state index in [0.29, 0.717) is 13.0 Å². The summed E-state index contributed by atoms with van der Waals surface area (Å²) in [7, 11) is 0. The smallest absolute Gasteiger partial charge is 0.243 e. The minimum Gasteiger partial charge on any atom is -0.350 e. The lowest BCUT2D eigenvalue weighted by molar-refractivity contribution is -0.140. The third-order valence-corrected chi connectivity index (χ3v) is 6.35. The van der Waals surface area contributed by atoms with Crippen molar-refractivity contribution < 1.29 is 9.59 Å². The van der Waals surface area contributed by atoms with Crippen LogP contribution in [0.1, 0.15) is 37.5 Å². The highest BCUT2D eigenvalue weighted by atomic mass is 32.2. The monoisotopic (exact) mass is 474 g/mol. The molecule has 0 unspecified atom stereocenters. The van der Waals surface area contributed by atoms with Gasteiger partial charge >= 0.3 is 0 Å². The Morgan fingerprint density at radius 2 is 1.41 bits per heavy atom. The van der Waals surface area contributed by atoms with Gasteiger partial charge in [0.05, 0.1) is 5.75 Å². The topological polar surface area (TPSA) is 49.4 Å². The average molecular weight is 475 g/mol. The lowest BCUT2D eigenvalue weighted by Gasteiger charge is -2.34. The molecule has 0 spiro atoms. The van der Waals surface area contributed by atoms with Gasteiger partial charge in [-0.2, -0.15) is 0 Å². The zero-order valence-electron chi connectivity index (χ0n) is 20.5. The first kappa shape index (κ1) is 25.6. The molecule has 0 fully saturated rings. The van der Waals surface area contributed by atoms with Gasteiger partial charge in [-0.3, -0.25) is 9.59 Å². The van der Waals surface area contributed by atoms with E-state index in [-0.39, 0.29) is 17.6 Å². The normalized spacial score (nSPS) is 12.1. The van der Waals surface area contributed by atoms with Gasteiger partial charge in [0.2, 0.25) is 11.8 Å². The summed E-state index contributed by atoms with van der Waals surface area (Å²) in [5.74, 6) is 0.0738. The molecule has 0 radical (unpaired) electrons. The van der Waals surface area contributed by atoms with E-state index in [1.807, 2.05) is 113 Å². The largest absolute Gasteiger partial charge is 0.350 e. The van der Waals surface area contributed by atoms with Crippen molar-refractivity contribution in [3.63, 3.8) is 0 Å². The van der Waals surface area contributed by atoms with Crippen molar-refractivity contribution in [3.05, 3.63) is 102 Å². The fourth-order valence-corrected chi connectivity index (χ4v) is 4.43. The quantitative estimate of drug-likeness (QED) is 0.408. The van der Waals surface area contributed by atoms with Crippen molar-refractivity contribution >= 4 is 23.6 Å². The first-order valence-corrected chi connectivity index (χ1v) is 12.6. The molecule has 5 heteroatoms. The Hall–Kier alpha value is -3.05. The summed E-state index contributed by atoms with van der Waals surface area (Å²) in [5.41, 5.74) is 2.80. The molecule has 178 valence electrons. The zero-order chi connectivity index (χ0) is 24.6. The first-order valence-electron chi connectivity index (χ1n) is 11.6. The van der Waals surface area contributed by atoms with Gasteiger partial charge in [-0.15, -0.1) is 11.8 Å². The van der Waals surface area contributed by atoms with Crippen molar-refractivity contribution in [1.82, 2.24) is 10.2 Å². The van der Waals surface area contributed by atoms with E-state index in [9.17, 15) is 9.59 Å². The predicted octanol–water partition coefficient (Wildman–Crippen LogP) is 5.64. The van der Waals surface area contributed by atoms with Crippen molar-refractivity contribution in [3.8, 4) is 0 Å². The van der Waals surface area contributed by atoms with E-state index in [1.54, 1.807) is 4.90 Å². The van der Waals surface area contributed by atoms with Crippen LogP contribution in [0.3, 0.4) is 0 Å². The number of nitrogens with one attached hydrogen (secondary N) is 1. The molecule has 0 bridgehead atoms. The molecular weight excluding hydrogens is 440 g/mol. The Labute approximate surface area is 207 Å². The molecule has 2 amide bonds. The molecule has 1 N–H and O–H groups in total. The Bertz CT molecular complexity index is 1060. The predicted molar refractivity (Wildman–Crippen MR) is 141 cm³/mol. The molecule has 0 aliphatic carbocycles. The van der Waals surface area contributed by atoms with Crippen molar-refractivity contribution in [2.24, 2.45) is 0 Å². The SMILES string of the molecule is Cc1ccc(SCC(=O)N(Cc2ccccc2)[C@H](Cc2ccccc2)C(=O)NC(C)(C)C)cc1. The second-order valence-corrected chi connectivity index (χ2v) is 10.6. The van der Waals surface area contributed by atoms with E-state index >= 15 is 0 Å². The second-order valence-electron chi connectivity index (χ2n) is 9.55. The summed E-state index contributed by atoms with van der Waals surface area (Å²) in [6.07, 6.45) is 0.455. The van der Waals surface area contributed by atoms with Gasteiger partial charge in [0.25, 0.3) is 0 Å². The first-order chi connectivity index (χ1) is 16.2. The molecule has 0 aliphatic heterocycles. The molecule has 0 saturated carbocycles. The number of hydrogen-bond acceptors (Lipinski definition) is 3. The van der Waals surface area contributed by atoms with Crippen LogP contribution in [0, 0.1) is 6.92 Å². The van der Waals surface area contributed by atoms with Gasteiger partial charge in [0, 0.05) is 23.4 Å². The number of benzene rings is 3. The summed E-state index contributed by atoms with van der Waals surface area (Å²) >= 11 is 1.50.